The number of anilines is 1. The van der Waals surface area contributed by atoms with Gasteiger partial charge in [0.2, 0.25) is 0 Å². The molecule has 0 saturated carbocycles. The minimum Gasteiger partial charge on any atom is -0.382 e. The molecular weight excluding hydrogens is 249 g/mol. The number of hydrogen-bond acceptors (Lipinski definition) is 4. The van der Waals surface area contributed by atoms with Crippen molar-refractivity contribution in [2.24, 2.45) is 5.92 Å². The van der Waals surface area contributed by atoms with E-state index in [2.05, 4.69) is 17.1 Å². The first-order chi connectivity index (χ1) is 9.10. The van der Waals surface area contributed by atoms with Crippen molar-refractivity contribution in [2.45, 2.75) is 13.3 Å². The molecule has 104 valence electrons. The molecule has 1 N–H and O–H groups in total. The first-order valence-electron chi connectivity index (χ1n) is 6.50. The third-order valence-corrected chi connectivity index (χ3v) is 3.56. The topological polar surface area (TPSA) is 58.4 Å². The molecule has 1 unspecified atom stereocenters. The standard InChI is InChI=1S/C13H18FN3O2/c1-2-16-6-5-10(9-16)8-15-13-4-3-11(17(18)19)7-12(13)14/h3-4,7,10,15H,2,5-6,8-9H2,1H3. The van der Waals surface area contributed by atoms with Crippen molar-refractivity contribution < 1.29 is 9.31 Å². The molecule has 0 amide bonds. The van der Waals surface area contributed by atoms with Gasteiger partial charge in [0.15, 0.2) is 5.82 Å². The molecule has 0 radical (unpaired) electrons. The summed E-state index contributed by atoms with van der Waals surface area (Å²) in [5.41, 5.74) is 0.113. The Labute approximate surface area is 111 Å². The second kappa shape index (κ2) is 5.97. The highest BCUT2D eigenvalue weighted by molar-refractivity contribution is 5.50. The minimum atomic E-state index is -0.594. The second-order valence-corrected chi connectivity index (χ2v) is 4.85. The Hall–Kier alpha value is -1.69. The van der Waals surface area contributed by atoms with Crippen LogP contribution < -0.4 is 5.32 Å². The Morgan fingerprint density at radius 2 is 2.37 bits per heavy atom. The molecule has 1 atom stereocenters. The zero-order chi connectivity index (χ0) is 13.8. The van der Waals surface area contributed by atoms with Gasteiger partial charge in [-0.05, 0) is 31.5 Å². The first-order valence-corrected chi connectivity index (χ1v) is 6.50. The van der Waals surface area contributed by atoms with E-state index in [-0.39, 0.29) is 5.69 Å². The van der Waals surface area contributed by atoms with Crippen molar-refractivity contribution in [3.63, 3.8) is 0 Å². The SMILES string of the molecule is CCN1CCC(CNc2ccc([N+](=O)[O-])cc2F)C1. The third-order valence-electron chi connectivity index (χ3n) is 3.56. The van der Waals surface area contributed by atoms with E-state index in [1.165, 1.54) is 12.1 Å². The number of benzene rings is 1. The fourth-order valence-corrected chi connectivity index (χ4v) is 2.38. The third kappa shape index (κ3) is 3.41. The van der Waals surface area contributed by atoms with E-state index in [9.17, 15) is 14.5 Å². The van der Waals surface area contributed by atoms with E-state index in [1.54, 1.807) is 0 Å². The van der Waals surface area contributed by atoms with Gasteiger partial charge in [-0.15, -0.1) is 0 Å². The van der Waals surface area contributed by atoms with E-state index in [1.807, 2.05) is 0 Å². The Bertz CT molecular complexity index is 467. The average molecular weight is 267 g/mol. The molecule has 1 fully saturated rings. The Morgan fingerprint density at radius 1 is 1.58 bits per heavy atom. The maximum Gasteiger partial charge on any atom is 0.272 e. The lowest BCUT2D eigenvalue weighted by molar-refractivity contribution is -0.385. The molecule has 1 aromatic rings. The summed E-state index contributed by atoms with van der Waals surface area (Å²) in [6, 6.07) is 3.70. The summed E-state index contributed by atoms with van der Waals surface area (Å²) in [5.74, 6) is -0.0610. The summed E-state index contributed by atoms with van der Waals surface area (Å²) in [7, 11) is 0. The maximum absolute atomic E-state index is 13.6. The van der Waals surface area contributed by atoms with Gasteiger partial charge in [0.25, 0.3) is 5.69 Å². The number of nitrogens with zero attached hydrogens (tertiary/aromatic N) is 2. The van der Waals surface area contributed by atoms with Crippen molar-refractivity contribution in [2.75, 3.05) is 31.5 Å². The number of nitrogens with one attached hydrogen (secondary N) is 1. The van der Waals surface area contributed by atoms with E-state index < -0.39 is 10.7 Å². The number of halogens is 1. The first kappa shape index (κ1) is 13.7. The van der Waals surface area contributed by atoms with Gasteiger partial charge in [-0.1, -0.05) is 6.92 Å². The quantitative estimate of drug-likeness (QED) is 0.657. The summed E-state index contributed by atoms with van der Waals surface area (Å²) in [6.07, 6.45) is 1.11. The molecule has 1 saturated heterocycles. The normalized spacial score (nSPS) is 19.6. The molecule has 0 aromatic heterocycles. The Morgan fingerprint density at radius 3 is 2.95 bits per heavy atom. The van der Waals surface area contributed by atoms with Crippen molar-refractivity contribution >= 4 is 11.4 Å². The molecule has 2 rings (SSSR count). The molecule has 1 heterocycles. The van der Waals surface area contributed by atoms with Crippen LogP contribution in [0.2, 0.25) is 0 Å². The van der Waals surface area contributed by atoms with E-state index in [0.29, 0.717) is 18.2 Å². The van der Waals surface area contributed by atoms with Crippen LogP contribution in [0.4, 0.5) is 15.8 Å². The zero-order valence-electron chi connectivity index (χ0n) is 10.9. The molecule has 6 heteroatoms. The monoisotopic (exact) mass is 267 g/mol. The van der Waals surface area contributed by atoms with Crippen molar-refractivity contribution in [3.05, 3.63) is 34.1 Å². The maximum atomic E-state index is 13.6. The van der Waals surface area contributed by atoms with Crippen LogP contribution in [0.5, 0.6) is 0 Å². The summed E-state index contributed by atoms with van der Waals surface area (Å²) >= 11 is 0. The van der Waals surface area contributed by atoms with Gasteiger partial charge in [0.05, 0.1) is 16.7 Å². The Kier molecular flexibility index (Phi) is 4.31. The molecule has 0 spiro atoms. The minimum absolute atomic E-state index is 0.221. The van der Waals surface area contributed by atoms with Crippen molar-refractivity contribution in [1.29, 1.82) is 0 Å². The Balaban J connectivity index is 1.91. The largest absolute Gasteiger partial charge is 0.382 e. The fourth-order valence-electron chi connectivity index (χ4n) is 2.38. The van der Waals surface area contributed by atoms with Gasteiger partial charge in [0.1, 0.15) is 0 Å². The van der Waals surface area contributed by atoms with Crippen LogP contribution in [-0.2, 0) is 0 Å². The van der Waals surface area contributed by atoms with Crippen LogP contribution in [0.3, 0.4) is 0 Å². The molecule has 0 bridgehead atoms. The lowest BCUT2D eigenvalue weighted by atomic mass is 10.1. The van der Waals surface area contributed by atoms with Gasteiger partial charge in [-0.3, -0.25) is 10.1 Å². The average Bonchev–Trinajstić information content (AvgIpc) is 2.85. The summed E-state index contributed by atoms with van der Waals surface area (Å²) in [5, 5.41) is 13.6. The molecular formula is C13H18FN3O2. The van der Waals surface area contributed by atoms with Crippen molar-refractivity contribution in [1.82, 2.24) is 4.90 Å². The number of nitro groups is 1. The van der Waals surface area contributed by atoms with Gasteiger partial charge in [0, 0.05) is 19.2 Å². The van der Waals surface area contributed by atoms with Gasteiger partial charge in [-0.25, -0.2) is 4.39 Å². The molecule has 0 aliphatic carbocycles. The van der Waals surface area contributed by atoms with Crippen LogP contribution in [0, 0.1) is 21.8 Å². The van der Waals surface area contributed by atoms with Crippen LogP contribution >= 0.6 is 0 Å². The fraction of sp³-hybridized carbons (Fsp3) is 0.538. The number of nitro benzene ring substituents is 1. The highest BCUT2D eigenvalue weighted by Crippen LogP contribution is 2.22. The van der Waals surface area contributed by atoms with E-state index >= 15 is 0 Å². The number of hydrogen-bond donors (Lipinski definition) is 1. The number of rotatable bonds is 5. The zero-order valence-corrected chi connectivity index (χ0v) is 10.9. The number of likely N-dealkylation sites (tertiary alicyclic amines) is 1. The molecule has 5 nitrogen and oxygen atoms in total. The highest BCUT2D eigenvalue weighted by atomic mass is 19.1. The van der Waals surface area contributed by atoms with Crippen molar-refractivity contribution in [3.8, 4) is 0 Å². The molecule has 1 aromatic carbocycles. The van der Waals surface area contributed by atoms with Gasteiger partial charge in [-0.2, -0.15) is 0 Å². The summed E-state index contributed by atoms with van der Waals surface area (Å²) < 4.78 is 13.6. The number of non-ortho nitro benzene ring substituents is 1. The van der Waals surface area contributed by atoms with E-state index in [4.69, 9.17) is 0 Å². The molecule has 1 aliphatic rings. The van der Waals surface area contributed by atoms with Crippen LogP contribution in [0.15, 0.2) is 18.2 Å². The predicted octanol–water partition coefficient (Wildman–Crippen LogP) is 2.49. The lowest BCUT2D eigenvalue weighted by Gasteiger charge is -2.14. The van der Waals surface area contributed by atoms with Crippen LogP contribution in [0.25, 0.3) is 0 Å². The van der Waals surface area contributed by atoms with Gasteiger partial charge < -0.3 is 10.2 Å². The highest BCUT2D eigenvalue weighted by Gasteiger charge is 2.21. The van der Waals surface area contributed by atoms with Crippen LogP contribution in [-0.4, -0.2) is 36.0 Å². The molecule has 19 heavy (non-hydrogen) atoms. The van der Waals surface area contributed by atoms with Gasteiger partial charge >= 0.3 is 0 Å². The smallest absolute Gasteiger partial charge is 0.272 e. The van der Waals surface area contributed by atoms with Crippen LogP contribution in [0.1, 0.15) is 13.3 Å². The lowest BCUT2D eigenvalue weighted by Crippen LogP contribution is -2.22. The predicted molar refractivity (Wildman–Crippen MR) is 71.8 cm³/mol. The second-order valence-electron chi connectivity index (χ2n) is 4.85. The summed E-state index contributed by atoms with van der Waals surface area (Å²) in [6.45, 7) is 5.99. The molecule has 1 aliphatic heterocycles. The van der Waals surface area contributed by atoms with E-state index in [0.717, 1.165) is 32.1 Å². The summed E-state index contributed by atoms with van der Waals surface area (Å²) in [4.78, 5) is 12.3.